The molecule has 0 fully saturated rings. The number of amides is 1. The molecule has 9 nitrogen and oxygen atoms in total. The Morgan fingerprint density at radius 2 is 1.54 bits per heavy atom. The molecule has 0 unspecified atom stereocenters. The first-order chi connectivity index (χ1) is 22.4. The number of carbonyl (C=O) groups excluding carboxylic acids is 1. The van der Waals surface area contributed by atoms with Crippen LogP contribution in [-0.4, -0.2) is 54.1 Å². The van der Waals surface area contributed by atoms with Crippen LogP contribution in [0.4, 0.5) is 4.79 Å². The summed E-state index contributed by atoms with van der Waals surface area (Å²) < 4.78 is 19.2. The number of ether oxygens (including phenoxy) is 2. The van der Waals surface area contributed by atoms with Gasteiger partial charge in [0.2, 0.25) is 5.56 Å². The Labute approximate surface area is 284 Å². The fourth-order valence-corrected chi connectivity index (χ4v) is 6.24. The van der Waals surface area contributed by atoms with Crippen LogP contribution in [0, 0.1) is 0 Å². The molecule has 2 N–H and O–H groups in total. The minimum atomic E-state index is -2.41. The fraction of sp³-hybridized carbons (Fsp3) is 0.395. The monoisotopic (exact) mass is 672 g/mol. The van der Waals surface area contributed by atoms with Gasteiger partial charge in [0.1, 0.15) is 18.0 Å². The molecule has 1 atom stereocenters. The first kappa shape index (κ1) is 36.4. The van der Waals surface area contributed by atoms with Crippen LogP contribution in [-0.2, 0) is 22.2 Å². The number of benzene rings is 3. The van der Waals surface area contributed by atoms with Gasteiger partial charge in [-0.25, -0.2) is 9.59 Å². The average Bonchev–Trinajstić information content (AvgIpc) is 3.00. The van der Waals surface area contributed by atoms with E-state index >= 15 is 0 Å². The van der Waals surface area contributed by atoms with E-state index in [9.17, 15) is 19.5 Å². The van der Waals surface area contributed by atoms with E-state index in [-0.39, 0.29) is 22.7 Å². The number of carboxylic acids is 1. The van der Waals surface area contributed by atoms with E-state index < -0.39 is 32.1 Å². The second-order valence-corrected chi connectivity index (χ2v) is 19.3. The van der Waals surface area contributed by atoms with Gasteiger partial charge >= 0.3 is 12.1 Å². The van der Waals surface area contributed by atoms with E-state index in [0.29, 0.717) is 30.8 Å². The minimum absolute atomic E-state index is 0.128. The molecule has 1 heterocycles. The molecule has 4 rings (SSSR count). The summed E-state index contributed by atoms with van der Waals surface area (Å²) in [7, 11) is -2.41. The van der Waals surface area contributed by atoms with Crippen LogP contribution < -0.4 is 10.3 Å². The smallest absolute Gasteiger partial charge is 0.410 e. The number of carboxylic acid groups (broad SMARTS) is 1. The molecule has 256 valence electrons. The van der Waals surface area contributed by atoms with Crippen molar-refractivity contribution in [3.05, 3.63) is 111 Å². The molecule has 3 aromatic carbocycles. The van der Waals surface area contributed by atoms with Crippen LogP contribution in [0.25, 0.3) is 10.9 Å². The summed E-state index contributed by atoms with van der Waals surface area (Å²) in [6.07, 6.45) is -0.565. The van der Waals surface area contributed by atoms with Crippen molar-refractivity contribution in [3.8, 4) is 5.75 Å². The highest BCUT2D eigenvalue weighted by molar-refractivity contribution is 6.74. The normalized spacial score (nSPS) is 12.8. The summed E-state index contributed by atoms with van der Waals surface area (Å²) in [5, 5.41) is 9.95. The minimum Gasteiger partial charge on any atom is -0.487 e. The number of fused-ring (bicyclic) bond motifs is 1. The zero-order valence-electron chi connectivity index (χ0n) is 29.3. The Morgan fingerprint density at radius 1 is 0.875 bits per heavy atom. The maximum absolute atomic E-state index is 13.7. The highest BCUT2D eigenvalue weighted by Gasteiger charge is 2.41. The number of aromatic carboxylic acids is 1. The summed E-state index contributed by atoms with van der Waals surface area (Å²) in [5.74, 6) is -0.456. The zero-order valence-corrected chi connectivity index (χ0v) is 30.3. The van der Waals surface area contributed by atoms with Gasteiger partial charge in [-0.2, -0.15) is 0 Å². The second-order valence-electron chi connectivity index (χ2n) is 14.6. The molecule has 0 radical (unpaired) electrons. The maximum atomic E-state index is 13.7. The van der Waals surface area contributed by atoms with Gasteiger partial charge in [0, 0.05) is 18.0 Å². The number of pyridine rings is 1. The van der Waals surface area contributed by atoms with Gasteiger partial charge in [0.25, 0.3) is 0 Å². The summed E-state index contributed by atoms with van der Waals surface area (Å²) >= 11 is 0. The van der Waals surface area contributed by atoms with E-state index in [4.69, 9.17) is 13.9 Å². The summed E-state index contributed by atoms with van der Waals surface area (Å²) in [5.41, 5.74) is 2.48. The van der Waals surface area contributed by atoms with E-state index in [2.05, 4.69) is 38.8 Å². The molecule has 1 aromatic heterocycles. The predicted molar refractivity (Wildman–Crippen MR) is 191 cm³/mol. The lowest BCUT2D eigenvalue weighted by Gasteiger charge is -2.41. The number of nitrogens with zero attached hydrogens (tertiary/aromatic N) is 1. The number of hydrogen-bond donors (Lipinski definition) is 2. The van der Waals surface area contributed by atoms with Crippen molar-refractivity contribution in [2.24, 2.45) is 0 Å². The molecular weight excluding hydrogens is 625 g/mol. The lowest BCUT2D eigenvalue weighted by Crippen LogP contribution is -2.46. The van der Waals surface area contributed by atoms with Gasteiger partial charge in [-0.15, -0.1) is 0 Å². The molecule has 0 saturated heterocycles. The van der Waals surface area contributed by atoms with Crippen molar-refractivity contribution in [2.45, 2.75) is 84.4 Å². The zero-order chi connectivity index (χ0) is 35.3. The van der Waals surface area contributed by atoms with E-state index in [1.807, 2.05) is 63.2 Å². The molecule has 48 heavy (non-hydrogen) atoms. The number of aromatic nitrogens is 1. The van der Waals surface area contributed by atoms with Crippen LogP contribution >= 0.6 is 0 Å². The third-order valence-corrected chi connectivity index (χ3v) is 13.1. The maximum Gasteiger partial charge on any atom is 0.410 e. The van der Waals surface area contributed by atoms with E-state index in [0.717, 1.165) is 22.1 Å². The summed E-state index contributed by atoms with van der Waals surface area (Å²) in [4.78, 5) is 42.3. The van der Waals surface area contributed by atoms with Crippen LogP contribution in [0.3, 0.4) is 0 Å². The average molecular weight is 673 g/mol. The van der Waals surface area contributed by atoms with Crippen molar-refractivity contribution in [3.63, 3.8) is 0 Å². The Morgan fingerprint density at radius 3 is 2.15 bits per heavy atom. The fourth-order valence-electron chi connectivity index (χ4n) is 4.98. The van der Waals surface area contributed by atoms with Gasteiger partial charge in [0.05, 0.1) is 23.7 Å². The number of carbonyl (C=O) groups is 2. The van der Waals surface area contributed by atoms with Crippen LogP contribution in [0.1, 0.15) is 74.7 Å². The number of nitrogens with one attached hydrogen (secondary N) is 1. The molecule has 0 spiro atoms. The molecule has 0 bridgehead atoms. The molecule has 0 saturated carbocycles. The van der Waals surface area contributed by atoms with Crippen molar-refractivity contribution in [2.75, 3.05) is 13.1 Å². The molecule has 4 aromatic rings. The third-order valence-electron chi connectivity index (χ3n) is 8.63. The third kappa shape index (κ3) is 9.57. The van der Waals surface area contributed by atoms with Crippen molar-refractivity contribution in [1.82, 2.24) is 9.88 Å². The van der Waals surface area contributed by atoms with E-state index in [1.165, 1.54) is 6.07 Å². The Balaban J connectivity index is 1.75. The van der Waals surface area contributed by atoms with E-state index in [1.54, 1.807) is 35.2 Å². The van der Waals surface area contributed by atoms with Gasteiger partial charge in [0.15, 0.2) is 8.32 Å². The molecule has 0 aliphatic rings. The van der Waals surface area contributed by atoms with Crippen LogP contribution in [0.5, 0.6) is 5.75 Å². The molecular formula is C38H48N2O7Si. The SMILES string of the molecule is CC(C)(C)OC(=O)N(CCc1ccc(C(=O)O)cc1)C[C@H](O[Si](C)(C)C(C)(C)C)c1ccc(OCc2ccccc2)c2[nH]c(=O)ccc12. The quantitative estimate of drug-likeness (QED) is 0.145. The lowest BCUT2D eigenvalue weighted by atomic mass is 10.0. The highest BCUT2D eigenvalue weighted by atomic mass is 28.4. The summed E-state index contributed by atoms with van der Waals surface area (Å²) in [6.45, 7) is 17.2. The van der Waals surface area contributed by atoms with Gasteiger partial charge < -0.3 is 28.9 Å². The standard InChI is InChI=1S/C38H48N2O7Si/c1-37(2,3)46-36(44)40(23-22-26-14-16-28(17-15-26)35(42)43)24-32(47-48(7,8)38(4,5)6)29-18-20-31(34-30(29)19-21-33(41)39-34)45-25-27-12-10-9-11-13-27/h9-21,32H,22-25H2,1-8H3,(H,39,41)(H,42,43)/t32-/m0/s1. The predicted octanol–water partition coefficient (Wildman–Crippen LogP) is 8.35. The molecule has 0 aliphatic heterocycles. The first-order valence-corrected chi connectivity index (χ1v) is 19.1. The topological polar surface area (TPSA) is 118 Å². The van der Waals surface area contributed by atoms with Crippen molar-refractivity contribution < 1.29 is 28.6 Å². The summed E-state index contributed by atoms with van der Waals surface area (Å²) in [6, 6.07) is 23.5. The Kier molecular flexibility index (Phi) is 11.2. The van der Waals surface area contributed by atoms with Crippen molar-refractivity contribution >= 4 is 31.3 Å². The van der Waals surface area contributed by atoms with Crippen LogP contribution in [0.2, 0.25) is 18.1 Å². The van der Waals surface area contributed by atoms with Gasteiger partial charge in [-0.3, -0.25) is 4.79 Å². The Bertz CT molecular complexity index is 1770. The lowest BCUT2D eigenvalue weighted by molar-refractivity contribution is 0.0159. The first-order valence-electron chi connectivity index (χ1n) is 16.2. The van der Waals surface area contributed by atoms with Gasteiger partial charge in [-0.1, -0.05) is 69.3 Å². The van der Waals surface area contributed by atoms with Gasteiger partial charge in [-0.05, 0) is 86.3 Å². The molecule has 10 heteroatoms. The molecule has 0 aliphatic carbocycles. The van der Waals surface area contributed by atoms with Crippen LogP contribution in [0.15, 0.2) is 83.7 Å². The number of H-pyrrole nitrogens is 1. The second kappa shape index (κ2) is 14.8. The number of rotatable bonds is 12. The highest BCUT2D eigenvalue weighted by Crippen LogP contribution is 2.42. The van der Waals surface area contributed by atoms with Crippen molar-refractivity contribution in [1.29, 1.82) is 0 Å². The number of hydrogen-bond acceptors (Lipinski definition) is 6. The Hall–Kier alpha value is -4.41. The largest absolute Gasteiger partial charge is 0.487 e. The molecule has 1 amide bonds. The number of aromatic amines is 1.